The van der Waals surface area contributed by atoms with Crippen LogP contribution in [0.15, 0.2) is 42.5 Å². The average Bonchev–Trinajstić information content (AvgIpc) is 2.41. The van der Waals surface area contributed by atoms with Crippen molar-refractivity contribution in [3.63, 3.8) is 0 Å². The number of hydrogen-bond donors (Lipinski definition) is 3. The molecule has 0 bridgehead atoms. The van der Waals surface area contributed by atoms with Crippen LogP contribution in [0.3, 0.4) is 0 Å². The van der Waals surface area contributed by atoms with Gasteiger partial charge in [-0.1, -0.05) is 24.3 Å². The third kappa shape index (κ3) is 3.04. The van der Waals surface area contributed by atoms with E-state index in [2.05, 4.69) is 5.32 Å². The largest absolute Gasteiger partial charge is 0.488 e. The van der Waals surface area contributed by atoms with E-state index in [0.717, 1.165) is 17.7 Å². The van der Waals surface area contributed by atoms with Gasteiger partial charge in [0.1, 0.15) is 5.82 Å². The minimum Gasteiger partial charge on any atom is -0.423 e. The molecule has 2 rings (SSSR count). The maximum Gasteiger partial charge on any atom is 0.488 e. The average molecular weight is 273 g/mol. The van der Waals surface area contributed by atoms with E-state index in [1.54, 1.807) is 12.1 Å². The number of nitrogens with one attached hydrogen (secondary N) is 1. The highest BCUT2D eigenvalue weighted by Crippen LogP contribution is 2.15. The predicted octanol–water partition coefficient (Wildman–Crippen LogP) is 1.07. The van der Waals surface area contributed by atoms with Gasteiger partial charge in [0, 0.05) is 5.69 Å². The van der Waals surface area contributed by atoms with Crippen molar-refractivity contribution in [2.45, 2.75) is 6.92 Å². The van der Waals surface area contributed by atoms with E-state index in [4.69, 9.17) is 10.0 Å². The van der Waals surface area contributed by atoms with Crippen LogP contribution in [0, 0.1) is 12.7 Å². The van der Waals surface area contributed by atoms with Crippen molar-refractivity contribution in [3.8, 4) is 0 Å². The van der Waals surface area contributed by atoms with Gasteiger partial charge in [-0.15, -0.1) is 0 Å². The molecule has 0 fully saturated rings. The Morgan fingerprint density at radius 2 is 1.90 bits per heavy atom. The van der Waals surface area contributed by atoms with Crippen LogP contribution in [0.5, 0.6) is 0 Å². The summed E-state index contributed by atoms with van der Waals surface area (Å²) in [7, 11) is -1.75. The fourth-order valence-corrected chi connectivity index (χ4v) is 1.78. The summed E-state index contributed by atoms with van der Waals surface area (Å²) in [6, 6.07) is 10.5. The molecule has 0 aliphatic carbocycles. The Bertz CT molecular complexity index is 646. The van der Waals surface area contributed by atoms with Gasteiger partial charge in [0.15, 0.2) is 0 Å². The SMILES string of the molecule is Cc1ccccc1NC(=O)c1cc(B(O)O)ccc1F. The second-order valence-corrected chi connectivity index (χ2v) is 4.38. The Balaban J connectivity index is 2.30. The summed E-state index contributed by atoms with van der Waals surface area (Å²) in [5.41, 5.74) is 1.24. The lowest BCUT2D eigenvalue weighted by molar-refractivity contribution is 0.102. The van der Waals surface area contributed by atoms with Gasteiger partial charge in [0.25, 0.3) is 5.91 Å². The van der Waals surface area contributed by atoms with Gasteiger partial charge in [0.05, 0.1) is 5.56 Å². The number of rotatable bonds is 3. The zero-order valence-corrected chi connectivity index (χ0v) is 10.8. The number of carbonyl (C=O) groups is 1. The molecule has 4 nitrogen and oxygen atoms in total. The van der Waals surface area contributed by atoms with E-state index < -0.39 is 18.8 Å². The van der Waals surface area contributed by atoms with Crippen LogP contribution in [0.4, 0.5) is 10.1 Å². The molecule has 0 aliphatic rings. The zero-order valence-electron chi connectivity index (χ0n) is 10.8. The molecule has 0 saturated heterocycles. The highest BCUT2D eigenvalue weighted by molar-refractivity contribution is 6.58. The molecule has 6 heteroatoms. The van der Waals surface area contributed by atoms with E-state index in [1.807, 2.05) is 19.1 Å². The maximum atomic E-state index is 13.7. The number of hydrogen-bond acceptors (Lipinski definition) is 3. The molecule has 2 aromatic carbocycles. The minimum atomic E-state index is -1.75. The molecule has 0 aromatic heterocycles. The van der Waals surface area contributed by atoms with E-state index in [-0.39, 0.29) is 11.0 Å². The molecule has 3 N–H and O–H groups in total. The predicted molar refractivity (Wildman–Crippen MR) is 75.4 cm³/mol. The van der Waals surface area contributed by atoms with E-state index >= 15 is 0 Å². The maximum absolute atomic E-state index is 13.7. The summed E-state index contributed by atoms with van der Waals surface area (Å²) in [6.45, 7) is 1.82. The van der Waals surface area contributed by atoms with Gasteiger partial charge < -0.3 is 15.4 Å². The standard InChI is InChI=1S/C14H13BFNO3/c1-9-4-2-3-5-13(9)17-14(18)11-8-10(15(19)20)6-7-12(11)16/h2-8,19-20H,1H3,(H,17,18). The molecule has 20 heavy (non-hydrogen) atoms. The molecule has 102 valence electrons. The highest BCUT2D eigenvalue weighted by atomic mass is 19.1. The summed E-state index contributed by atoms with van der Waals surface area (Å²) >= 11 is 0. The molecule has 0 aliphatic heterocycles. The molecule has 1 amide bonds. The Morgan fingerprint density at radius 3 is 2.55 bits per heavy atom. The third-order valence-electron chi connectivity index (χ3n) is 2.93. The number of anilines is 1. The van der Waals surface area contributed by atoms with E-state index in [9.17, 15) is 9.18 Å². The number of amides is 1. The quantitative estimate of drug-likeness (QED) is 0.732. The first-order chi connectivity index (χ1) is 9.49. The number of para-hydroxylation sites is 1. The number of aryl methyl sites for hydroxylation is 1. The van der Waals surface area contributed by atoms with Crippen molar-refractivity contribution in [2.24, 2.45) is 0 Å². The monoisotopic (exact) mass is 273 g/mol. The van der Waals surface area contributed by atoms with Crippen molar-refractivity contribution >= 4 is 24.2 Å². The van der Waals surface area contributed by atoms with Gasteiger partial charge in [-0.25, -0.2) is 4.39 Å². The summed E-state index contributed by atoms with van der Waals surface area (Å²) in [5, 5.41) is 20.7. The van der Waals surface area contributed by atoms with Crippen LogP contribution in [-0.4, -0.2) is 23.1 Å². The van der Waals surface area contributed by atoms with Crippen molar-refractivity contribution in [1.29, 1.82) is 0 Å². The lowest BCUT2D eigenvalue weighted by atomic mass is 9.79. The normalized spacial score (nSPS) is 10.2. The lowest BCUT2D eigenvalue weighted by Crippen LogP contribution is -2.31. The van der Waals surface area contributed by atoms with Gasteiger partial charge in [-0.3, -0.25) is 4.79 Å². The molecule has 0 saturated carbocycles. The number of halogens is 1. The topological polar surface area (TPSA) is 69.6 Å². The first kappa shape index (κ1) is 14.2. The van der Waals surface area contributed by atoms with Gasteiger partial charge >= 0.3 is 7.12 Å². The summed E-state index contributed by atoms with van der Waals surface area (Å²) < 4.78 is 13.7. The number of benzene rings is 2. The molecular formula is C14H13BFNO3. The zero-order chi connectivity index (χ0) is 14.7. The molecule has 0 unspecified atom stereocenters. The number of carbonyl (C=O) groups excluding carboxylic acids is 1. The summed E-state index contributed by atoms with van der Waals surface area (Å²) in [5.74, 6) is -1.36. The van der Waals surface area contributed by atoms with Crippen molar-refractivity contribution in [3.05, 3.63) is 59.4 Å². The smallest absolute Gasteiger partial charge is 0.423 e. The highest BCUT2D eigenvalue weighted by Gasteiger charge is 2.18. The van der Waals surface area contributed by atoms with Crippen LogP contribution in [-0.2, 0) is 0 Å². The Labute approximate surface area is 116 Å². The lowest BCUT2D eigenvalue weighted by Gasteiger charge is -2.10. The van der Waals surface area contributed by atoms with Crippen molar-refractivity contribution in [1.82, 2.24) is 0 Å². The van der Waals surface area contributed by atoms with Gasteiger partial charge in [0.2, 0.25) is 0 Å². The van der Waals surface area contributed by atoms with E-state index in [0.29, 0.717) is 5.69 Å². The van der Waals surface area contributed by atoms with Crippen LogP contribution in [0.1, 0.15) is 15.9 Å². The van der Waals surface area contributed by atoms with Gasteiger partial charge in [-0.05, 0) is 36.1 Å². The third-order valence-corrected chi connectivity index (χ3v) is 2.93. The first-order valence-corrected chi connectivity index (χ1v) is 6.01. The van der Waals surface area contributed by atoms with Crippen LogP contribution in [0.25, 0.3) is 0 Å². The summed E-state index contributed by atoms with van der Waals surface area (Å²) in [6.07, 6.45) is 0. The molecular weight excluding hydrogens is 260 g/mol. The Morgan fingerprint density at radius 1 is 1.20 bits per heavy atom. The van der Waals surface area contributed by atoms with E-state index in [1.165, 1.54) is 6.07 Å². The Kier molecular flexibility index (Phi) is 4.17. The van der Waals surface area contributed by atoms with Crippen molar-refractivity contribution in [2.75, 3.05) is 5.32 Å². The molecule has 0 atom stereocenters. The minimum absolute atomic E-state index is 0.0568. The van der Waals surface area contributed by atoms with Gasteiger partial charge in [-0.2, -0.15) is 0 Å². The summed E-state index contributed by atoms with van der Waals surface area (Å²) in [4.78, 5) is 12.0. The fraction of sp³-hybridized carbons (Fsp3) is 0.0714. The molecule has 0 heterocycles. The first-order valence-electron chi connectivity index (χ1n) is 6.01. The van der Waals surface area contributed by atoms with Crippen LogP contribution >= 0.6 is 0 Å². The van der Waals surface area contributed by atoms with Crippen LogP contribution < -0.4 is 10.8 Å². The second-order valence-electron chi connectivity index (χ2n) is 4.38. The fourth-order valence-electron chi connectivity index (χ4n) is 1.78. The van der Waals surface area contributed by atoms with Crippen molar-refractivity contribution < 1.29 is 19.2 Å². The Hall–Kier alpha value is -2.18. The molecule has 0 radical (unpaired) electrons. The second kappa shape index (κ2) is 5.86. The molecule has 0 spiro atoms. The van der Waals surface area contributed by atoms with Crippen LogP contribution in [0.2, 0.25) is 0 Å². The molecule has 2 aromatic rings.